The van der Waals surface area contributed by atoms with Gasteiger partial charge in [0.05, 0.1) is 35.9 Å². The molecule has 4 unspecified atom stereocenters. The van der Waals surface area contributed by atoms with Crippen LogP contribution in [0.3, 0.4) is 0 Å². The Kier molecular flexibility index (Phi) is 12.6. The van der Waals surface area contributed by atoms with Crippen molar-refractivity contribution in [2.24, 2.45) is 5.92 Å². The molecule has 14 nitrogen and oxygen atoms in total. The third kappa shape index (κ3) is 9.47. The van der Waals surface area contributed by atoms with Crippen molar-refractivity contribution in [3.05, 3.63) is 77.1 Å². The predicted octanol–water partition coefficient (Wildman–Crippen LogP) is 2.28. The van der Waals surface area contributed by atoms with E-state index >= 15 is 0 Å². The number of aliphatic hydroxyl groups is 5. The Morgan fingerprint density at radius 3 is 2.38 bits per heavy atom. The Labute approximate surface area is 313 Å². The average molecular weight is 775 g/mol. The van der Waals surface area contributed by atoms with Gasteiger partial charge in [-0.25, -0.2) is 13.2 Å². The zero-order valence-electron chi connectivity index (χ0n) is 29.2. The summed E-state index contributed by atoms with van der Waals surface area (Å²) in [5.74, 6) is 0.826. The van der Waals surface area contributed by atoms with E-state index in [1.807, 2.05) is 36.5 Å². The minimum Gasteiger partial charge on any atom is -0.490 e. The average Bonchev–Trinajstić information content (AvgIpc) is 4.13. The monoisotopic (exact) mass is 774 g/mol. The molecule has 3 fully saturated rings. The van der Waals surface area contributed by atoms with Crippen molar-refractivity contribution >= 4 is 27.7 Å². The SMILES string of the molecule is O=C(NCC1CCN(S(=O)(=O)c2ccc(Cl)c(COC3(c4cnccc4-c4ccccc4OC4CC4)CC3)c2)CC1)NCC(O)C(O)C(O)C(O)CO. The summed E-state index contributed by atoms with van der Waals surface area (Å²) in [5.41, 5.74) is 2.89. The van der Waals surface area contributed by atoms with Gasteiger partial charge < -0.3 is 45.6 Å². The van der Waals surface area contributed by atoms with Gasteiger partial charge in [-0.3, -0.25) is 4.98 Å². The molecule has 3 aliphatic rings. The van der Waals surface area contributed by atoms with E-state index < -0.39 is 59.2 Å². The van der Waals surface area contributed by atoms with Crippen LogP contribution in [0, 0.1) is 5.92 Å². The van der Waals surface area contributed by atoms with Gasteiger partial charge in [0.25, 0.3) is 0 Å². The molecule has 6 rings (SSSR count). The number of rotatable bonds is 17. The van der Waals surface area contributed by atoms with E-state index in [0.29, 0.717) is 23.4 Å². The molecule has 1 saturated heterocycles. The fourth-order valence-corrected chi connectivity index (χ4v) is 8.17. The van der Waals surface area contributed by atoms with Gasteiger partial charge in [-0.15, -0.1) is 0 Å². The highest BCUT2D eigenvalue weighted by Crippen LogP contribution is 2.53. The summed E-state index contributed by atoms with van der Waals surface area (Å²) in [4.78, 5) is 16.8. The highest BCUT2D eigenvalue weighted by Gasteiger charge is 2.48. The smallest absolute Gasteiger partial charge is 0.314 e. The fourth-order valence-electron chi connectivity index (χ4n) is 6.48. The molecule has 7 N–H and O–H groups in total. The van der Waals surface area contributed by atoms with Gasteiger partial charge in [0.1, 0.15) is 24.1 Å². The summed E-state index contributed by atoms with van der Waals surface area (Å²) in [6, 6.07) is 14.0. The van der Waals surface area contributed by atoms with E-state index in [4.69, 9.17) is 26.2 Å². The van der Waals surface area contributed by atoms with Crippen LogP contribution in [-0.2, 0) is 27.0 Å². The van der Waals surface area contributed by atoms with Gasteiger partial charge in [-0.05, 0) is 85.9 Å². The highest BCUT2D eigenvalue weighted by molar-refractivity contribution is 7.89. The van der Waals surface area contributed by atoms with Crippen LogP contribution in [0.25, 0.3) is 11.1 Å². The molecule has 4 atom stereocenters. The van der Waals surface area contributed by atoms with Gasteiger partial charge in [0, 0.05) is 54.7 Å². The number of nitrogens with zero attached hydrogens (tertiary/aromatic N) is 2. The van der Waals surface area contributed by atoms with Crippen LogP contribution in [0.1, 0.15) is 49.7 Å². The number of amides is 2. The Hall–Kier alpha value is -3.38. The largest absolute Gasteiger partial charge is 0.490 e. The molecule has 0 radical (unpaired) electrons. The topological polar surface area (TPSA) is 211 Å². The van der Waals surface area contributed by atoms with Crippen molar-refractivity contribution in [3.63, 3.8) is 0 Å². The van der Waals surface area contributed by atoms with Crippen molar-refractivity contribution in [2.75, 3.05) is 32.8 Å². The summed E-state index contributed by atoms with van der Waals surface area (Å²) >= 11 is 6.58. The van der Waals surface area contributed by atoms with Crippen LogP contribution < -0.4 is 15.4 Å². The molecule has 16 heteroatoms. The number of halogens is 1. The van der Waals surface area contributed by atoms with Crippen LogP contribution >= 0.6 is 11.6 Å². The van der Waals surface area contributed by atoms with Gasteiger partial charge >= 0.3 is 6.03 Å². The molecular formula is C37H47ClN4O10S. The lowest BCUT2D eigenvalue weighted by Gasteiger charge is -2.31. The van der Waals surface area contributed by atoms with Crippen LogP contribution in [0.4, 0.5) is 4.79 Å². The van der Waals surface area contributed by atoms with Crippen molar-refractivity contribution < 1.29 is 48.2 Å². The third-order valence-corrected chi connectivity index (χ3v) is 12.4. The van der Waals surface area contributed by atoms with E-state index in [0.717, 1.165) is 48.1 Å². The molecule has 0 spiro atoms. The first kappa shape index (κ1) is 39.3. The first-order chi connectivity index (χ1) is 25.4. The van der Waals surface area contributed by atoms with E-state index in [1.165, 1.54) is 10.4 Å². The number of carbonyl (C=O) groups excluding carboxylic acids is 1. The number of hydrogen-bond donors (Lipinski definition) is 7. The van der Waals surface area contributed by atoms with Gasteiger partial charge in [-0.1, -0.05) is 29.8 Å². The molecule has 3 aromatic rings. The molecule has 2 aromatic carbocycles. The normalized spacial score (nSPS) is 19.9. The number of urea groups is 1. The van der Waals surface area contributed by atoms with Crippen LogP contribution in [0.15, 0.2) is 65.8 Å². The molecule has 1 aliphatic heterocycles. The van der Waals surface area contributed by atoms with Gasteiger partial charge in [-0.2, -0.15) is 4.31 Å². The number of benzene rings is 2. The first-order valence-electron chi connectivity index (χ1n) is 17.9. The molecular weight excluding hydrogens is 728 g/mol. The second-order valence-corrected chi connectivity index (χ2v) is 16.4. The van der Waals surface area contributed by atoms with Crippen molar-refractivity contribution in [1.82, 2.24) is 19.9 Å². The zero-order chi connectivity index (χ0) is 37.8. The first-order valence-corrected chi connectivity index (χ1v) is 19.7. The number of ether oxygens (including phenoxy) is 2. The van der Waals surface area contributed by atoms with Crippen molar-refractivity contribution in [2.45, 2.75) is 86.1 Å². The summed E-state index contributed by atoms with van der Waals surface area (Å²) in [5, 5.41) is 53.4. The lowest BCUT2D eigenvalue weighted by atomic mass is 9.96. The number of carbonyl (C=O) groups is 1. The zero-order valence-corrected chi connectivity index (χ0v) is 30.8. The standard InChI is InChI=1S/C37H47ClN4O10S/c38-30-8-7-26(53(49,50)42-15-10-23(11-16-42)18-40-36(48)41-20-31(44)34(46)35(47)32(45)21-43)17-24(30)22-51-37(12-13-37)29-19-39-14-9-27(29)28-3-1-2-4-33(28)52-25-5-6-25/h1-4,7-9,14,17,19,23,25,31-32,34-35,43-47H,5-6,10-13,15-16,18,20-22H2,(H2,40,41,48). The highest BCUT2D eigenvalue weighted by atomic mass is 35.5. The molecule has 2 heterocycles. The van der Waals surface area contributed by atoms with E-state index in [1.54, 1.807) is 18.3 Å². The number of sulfonamides is 1. The van der Waals surface area contributed by atoms with Crippen LogP contribution in [-0.4, -0.2) is 113 Å². The fraction of sp³-hybridized carbons (Fsp3) is 0.514. The number of aliphatic hydroxyl groups excluding tert-OH is 5. The summed E-state index contributed by atoms with van der Waals surface area (Å²) in [6.07, 6.45) is 1.68. The minimum absolute atomic E-state index is 0.00208. The predicted molar refractivity (Wildman–Crippen MR) is 194 cm³/mol. The summed E-state index contributed by atoms with van der Waals surface area (Å²) in [7, 11) is -3.85. The molecule has 53 heavy (non-hydrogen) atoms. The van der Waals surface area contributed by atoms with E-state index in [9.17, 15) is 33.6 Å². The minimum atomic E-state index is -3.85. The molecule has 2 saturated carbocycles. The number of hydrogen-bond acceptors (Lipinski definition) is 11. The van der Waals surface area contributed by atoms with Crippen LogP contribution in [0.2, 0.25) is 5.02 Å². The lowest BCUT2D eigenvalue weighted by molar-refractivity contribution is -0.113. The van der Waals surface area contributed by atoms with Crippen molar-refractivity contribution in [3.8, 4) is 16.9 Å². The molecule has 2 amide bonds. The van der Waals surface area contributed by atoms with Gasteiger partial charge in [0.15, 0.2) is 0 Å². The maximum absolute atomic E-state index is 13.7. The van der Waals surface area contributed by atoms with Crippen molar-refractivity contribution in [1.29, 1.82) is 0 Å². The Balaban J connectivity index is 1.02. The maximum Gasteiger partial charge on any atom is 0.314 e. The molecule has 1 aromatic heterocycles. The number of para-hydroxylation sites is 1. The van der Waals surface area contributed by atoms with E-state index in [-0.39, 0.29) is 43.2 Å². The summed E-state index contributed by atoms with van der Waals surface area (Å²) < 4.78 is 41.7. The Morgan fingerprint density at radius 1 is 0.962 bits per heavy atom. The lowest BCUT2D eigenvalue weighted by Crippen LogP contribution is -2.51. The molecule has 2 aliphatic carbocycles. The Morgan fingerprint density at radius 2 is 1.68 bits per heavy atom. The molecule has 0 bridgehead atoms. The number of aromatic nitrogens is 1. The summed E-state index contributed by atoms with van der Waals surface area (Å²) in [6.45, 7) is -0.362. The quantitative estimate of drug-likeness (QED) is 0.106. The Bertz CT molecular complexity index is 1840. The number of nitrogens with one attached hydrogen (secondary N) is 2. The van der Waals surface area contributed by atoms with E-state index in [2.05, 4.69) is 15.6 Å². The molecule has 288 valence electrons. The maximum atomic E-state index is 13.7. The third-order valence-electron chi connectivity index (χ3n) is 10.1. The van der Waals surface area contributed by atoms with Crippen LogP contribution in [0.5, 0.6) is 5.75 Å². The number of piperidine rings is 1. The number of pyridine rings is 1. The second-order valence-electron chi connectivity index (χ2n) is 14.0. The van der Waals surface area contributed by atoms with Gasteiger partial charge in [0.2, 0.25) is 10.0 Å². The second kappa shape index (κ2) is 17.0.